The Bertz CT molecular complexity index is 373. The summed E-state index contributed by atoms with van der Waals surface area (Å²) in [4.78, 5) is 21.9. The van der Waals surface area contributed by atoms with E-state index in [4.69, 9.17) is 11.5 Å². The van der Waals surface area contributed by atoms with Crippen molar-refractivity contribution in [2.24, 2.45) is 11.5 Å². The van der Waals surface area contributed by atoms with Crippen LogP contribution in [-0.2, 0) is 9.59 Å². The summed E-state index contributed by atoms with van der Waals surface area (Å²) in [6.07, 6.45) is -0.185. The first kappa shape index (κ1) is 11.2. The first-order chi connectivity index (χ1) is 6.99. The minimum Gasteiger partial charge on any atom is -0.370 e. The normalized spacial score (nSPS) is 12.1. The van der Waals surface area contributed by atoms with Gasteiger partial charge in [0.25, 0.3) is 0 Å². The van der Waals surface area contributed by atoms with Crippen molar-refractivity contribution in [3.05, 3.63) is 11.8 Å². The molecule has 0 aromatic carbocycles. The average molecular weight is 211 g/mol. The van der Waals surface area contributed by atoms with Crippen LogP contribution in [0.1, 0.15) is 12.1 Å². The third-order valence-electron chi connectivity index (χ3n) is 1.72. The molecule has 82 valence electrons. The van der Waals surface area contributed by atoms with Gasteiger partial charge < -0.3 is 16.8 Å². The van der Waals surface area contributed by atoms with Crippen molar-refractivity contribution in [2.75, 3.05) is 5.32 Å². The molecule has 2 amide bonds. The van der Waals surface area contributed by atoms with Gasteiger partial charge in [0.2, 0.25) is 11.8 Å². The van der Waals surface area contributed by atoms with Crippen molar-refractivity contribution in [3.63, 3.8) is 0 Å². The van der Waals surface area contributed by atoms with E-state index >= 15 is 0 Å². The summed E-state index contributed by atoms with van der Waals surface area (Å²) in [6.45, 7) is 1.80. The standard InChI is InChI=1S/C8H13N5O2/c1-4-2-7(13-12-4)11-8(15)5(9)3-6(10)14/h2,5H,3,9H2,1H3,(H2,10,14)(H2,11,12,13,15). The molecule has 15 heavy (non-hydrogen) atoms. The van der Waals surface area contributed by atoms with Gasteiger partial charge in [0, 0.05) is 11.8 Å². The van der Waals surface area contributed by atoms with Crippen LogP contribution < -0.4 is 16.8 Å². The molecule has 7 nitrogen and oxygen atoms in total. The predicted octanol–water partition coefficient (Wildman–Crippen LogP) is -1.14. The Morgan fingerprint density at radius 3 is 2.80 bits per heavy atom. The molecule has 0 spiro atoms. The number of nitrogens with one attached hydrogen (secondary N) is 2. The number of carbonyl (C=O) groups is 2. The molecule has 0 fully saturated rings. The van der Waals surface area contributed by atoms with Crippen molar-refractivity contribution in [2.45, 2.75) is 19.4 Å². The van der Waals surface area contributed by atoms with E-state index in [0.717, 1.165) is 5.69 Å². The molecule has 0 radical (unpaired) electrons. The van der Waals surface area contributed by atoms with E-state index in [1.807, 2.05) is 0 Å². The molecule has 1 heterocycles. The van der Waals surface area contributed by atoms with Crippen LogP contribution in [0.15, 0.2) is 6.07 Å². The minimum atomic E-state index is -0.945. The van der Waals surface area contributed by atoms with E-state index in [-0.39, 0.29) is 6.42 Å². The Kier molecular flexibility index (Phi) is 3.40. The zero-order chi connectivity index (χ0) is 11.4. The van der Waals surface area contributed by atoms with E-state index < -0.39 is 17.9 Å². The summed E-state index contributed by atoms with van der Waals surface area (Å²) in [5, 5.41) is 8.90. The highest BCUT2D eigenvalue weighted by Gasteiger charge is 2.16. The number of nitrogens with zero attached hydrogens (tertiary/aromatic N) is 1. The maximum absolute atomic E-state index is 11.4. The summed E-state index contributed by atoms with van der Waals surface area (Å²) < 4.78 is 0. The minimum absolute atomic E-state index is 0.185. The Balaban J connectivity index is 2.52. The van der Waals surface area contributed by atoms with Gasteiger partial charge in [-0.2, -0.15) is 5.10 Å². The number of aryl methyl sites for hydroxylation is 1. The maximum Gasteiger partial charge on any atom is 0.243 e. The highest BCUT2D eigenvalue weighted by Crippen LogP contribution is 2.04. The van der Waals surface area contributed by atoms with Crippen LogP contribution in [0.25, 0.3) is 0 Å². The molecular weight excluding hydrogens is 198 g/mol. The zero-order valence-electron chi connectivity index (χ0n) is 8.28. The van der Waals surface area contributed by atoms with Crippen LogP contribution in [-0.4, -0.2) is 28.1 Å². The van der Waals surface area contributed by atoms with Gasteiger partial charge in [-0.05, 0) is 6.92 Å². The third-order valence-corrected chi connectivity index (χ3v) is 1.72. The molecule has 0 saturated carbocycles. The fourth-order valence-electron chi connectivity index (χ4n) is 1.01. The summed E-state index contributed by atoms with van der Waals surface area (Å²) >= 11 is 0. The number of amides is 2. The molecule has 0 aliphatic heterocycles. The number of aromatic amines is 1. The van der Waals surface area contributed by atoms with Gasteiger partial charge in [0.15, 0.2) is 5.82 Å². The molecule has 6 N–H and O–H groups in total. The van der Waals surface area contributed by atoms with Gasteiger partial charge in [-0.3, -0.25) is 14.7 Å². The molecule has 7 heteroatoms. The first-order valence-electron chi connectivity index (χ1n) is 4.36. The second-order valence-electron chi connectivity index (χ2n) is 3.20. The van der Waals surface area contributed by atoms with E-state index in [1.54, 1.807) is 13.0 Å². The third kappa shape index (κ3) is 3.39. The number of H-pyrrole nitrogens is 1. The molecular formula is C8H13N5O2. The van der Waals surface area contributed by atoms with Crippen molar-refractivity contribution in [3.8, 4) is 0 Å². The number of aromatic nitrogens is 2. The molecule has 0 saturated heterocycles. The van der Waals surface area contributed by atoms with Crippen molar-refractivity contribution in [1.29, 1.82) is 0 Å². The number of carbonyl (C=O) groups excluding carboxylic acids is 2. The van der Waals surface area contributed by atoms with Crippen molar-refractivity contribution < 1.29 is 9.59 Å². The average Bonchev–Trinajstić information content (AvgIpc) is 2.50. The molecule has 0 aliphatic carbocycles. The summed E-state index contributed by atoms with van der Waals surface area (Å²) in [6, 6.07) is 0.703. The number of hydrogen-bond acceptors (Lipinski definition) is 4. The lowest BCUT2D eigenvalue weighted by Gasteiger charge is -2.07. The lowest BCUT2D eigenvalue weighted by molar-refractivity contribution is -0.123. The van der Waals surface area contributed by atoms with Gasteiger partial charge in [-0.1, -0.05) is 0 Å². The van der Waals surface area contributed by atoms with Gasteiger partial charge in [-0.15, -0.1) is 0 Å². The van der Waals surface area contributed by atoms with Crippen LogP contribution in [0.3, 0.4) is 0 Å². The highest BCUT2D eigenvalue weighted by molar-refractivity contribution is 5.96. The van der Waals surface area contributed by atoms with Gasteiger partial charge in [-0.25, -0.2) is 0 Å². The fraction of sp³-hybridized carbons (Fsp3) is 0.375. The van der Waals surface area contributed by atoms with Crippen LogP contribution in [0, 0.1) is 6.92 Å². The van der Waals surface area contributed by atoms with Crippen LogP contribution in [0.2, 0.25) is 0 Å². The predicted molar refractivity (Wildman–Crippen MR) is 53.7 cm³/mol. The SMILES string of the molecule is Cc1cc(NC(=O)C(N)CC(N)=O)n[nH]1. The molecule has 0 bridgehead atoms. The zero-order valence-corrected chi connectivity index (χ0v) is 8.28. The fourth-order valence-corrected chi connectivity index (χ4v) is 1.01. The van der Waals surface area contributed by atoms with E-state index in [1.165, 1.54) is 0 Å². The topological polar surface area (TPSA) is 127 Å². The molecule has 1 aromatic heterocycles. The summed E-state index contributed by atoms with van der Waals surface area (Å²) in [7, 11) is 0. The van der Waals surface area contributed by atoms with Gasteiger partial charge >= 0.3 is 0 Å². The lowest BCUT2D eigenvalue weighted by Crippen LogP contribution is -2.39. The Labute approximate surface area is 86.2 Å². The monoisotopic (exact) mass is 211 g/mol. The van der Waals surface area contributed by atoms with E-state index in [0.29, 0.717) is 5.82 Å². The first-order valence-corrected chi connectivity index (χ1v) is 4.36. The molecule has 1 aromatic rings. The second kappa shape index (κ2) is 4.56. The van der Waals surface area contributed by atoms with E-state index in [9.17, 15) is 9.59 Å². The van der Waals surface area contributed by atoms with Gasteiger partial charge in [0.1, 0.15) is 0 Å². The summed E-state index contributed by atoms with van der Waals surface area (Å²) in [5.74, 6) is -0.728. The summed E-state index contributed by atoms with van der Waals surface area (Å²) in [5.41, 5.74) is 11.1. The van der Waals surface area contributed by atoms with Crippen LogP contribution >= 0.6 is 0 Å². The number of rotatable bonds is 4. The Hall–Kier alpha value is -1.89. The quantitative estimate of drug-likeness (QED) is 0.502. The van der Waals surface area contributed by atoms with Gasteiger partial charge in [0.05, 0.1) is 12.5 Å². The molecule has 1 unspecified atom stereocenters. The highest BCUT2D eigenvalue weighted by atomic mass is 16.2. The molecule has 1 rings (SSSR count). The largest absolute Gasteiger partial charge is 0.370 e. The number of hydrogen-bond donors (Lipinski definition) is 4. The van der Waals surface area contributed by atoms with Crippen molar-refractivity contribution in [1.82, 2.24) is 10.2 Å². The Morgan fingerprint density at radius 2 is 2.33 bits per heavy atom. The molecule has 0 aliphatic rings. The lowest BCUT2D eigenvalue weighted by atomic mass is 10.2. The van der Waals surface area contributed by atoms with Crippen LogP contribution in [0.5, 0.6) is 0 Å². The van der Waals surface area contributed by atoms with Crippen molar-refractivity contribution >= 4 is 17.6 Å². The number of nitrogens with two attached hydrogens (primary N) is 2. The second-order valence-corrected chi connectivity index (χ2v) is 3.20. The maximum atomic E-state index is 11.4. The van der Waals surface area contributed by atoms with Crippen LogP contribution in [0.4, 0.5) is 5.82 Å². The number of primary amides is 1. The Morgan fingerprint density at radius 1 is 1.67 bits per heavy atom. The number of anilines is 1. The van der Waals surface area contributed by atoms with E-state index in [2.05, 4.69) is 15.5 Å². The molecule has 1 atom stereocenters. The smallest absolute Gasteiger partial charge is 0.243 e.